The van der Waals surface area contributed by atoms with E-state index in [-0.39, 0.29) is 18.6 Å². The molecule has 1 aliphatic rings. The summed E-state index contributed by atoms with van der Waals surface area (Å²) in [6.45, 7) is 6.82. The van der Waals surface area contributed by atoms with Crippen molar-refractivity contribution in [3.8, 4) is 0 Å². The Morgan fingerprint density at radius 2 is 2.00 bits per heavy atom. The summed E-state index contributed by atoms with van der Waals surface area (Å²) in [7, 11) is 0. The molecule has 0 aliphatic carbocycles. The standard InChI is InChI=1S/C10H19NO3/c1-8-6-11(7-9(2)14-8)5-3-4-10(12)13/h8-9H,3-7H2,1-2H3,(H,12,13). The number of hydrogen-bond donors (Lipinski definition) is 1. The summed E-state index contributed by atoms with van der Waals surface area (Å²) in [5.41, 5.74) is 0. The maximum Gasteiger partial charge on any atom is 0.303 e. The Balaban J connectivity index is 2.20. The van der Waals surface area contributed by atoms with Gasteiger partial charge in [0.2, 0.25) is 0 Å². The molecule has 0 bridgehead atoms. The summed E-state index contributed by atoms with van der Waals surface area (Å²) >= 11 is 0. The molecule has 2 unspecified atom stereocenters. The van der Waals surface area contributed by atoms with Gasteiger partial charge in [-0.1, -0.05) is 0 Å². The van der Waals surface area contributed by atoms with Gasteiger partial charge in [-0.15, -0.1) is 0 Å². The summed E-state index contributed by atoms with van der Waals surface area (Å²) in [4.78, 5) is 12.6. The molecule has 0 spiro atoms. The van der Waals surface area contributed by atoms with Crippen LogP contribution in [0.3, 0.4) is 0 Å². The third-order valence-corrected chi connectivity index (χ3v) is 2.36. The summed E-state index contributed by atoms with van der Waals surface area (Å²) in [5, 5.41) is 8.50. The van der Waals surface area contributed by atoms with E-state index in [2.05, 4.69) is 18.7 Å². The predicted octanol–water partition coefficient (Wildman–Crippen LogP) is 0.960. The zero-order valence-corrected chi connectivity index (χ0v) is 8.90. The van der Waals surface area contributed by atoms with Gasteiger partial charge in [0.1, 0.15) is 0 Å². The predicted molar refractivity (Wildman–Crippen MR) is 53.3 cm³/mol. The molecule has 0 amide bonds. The fourth-order valence-electron chi connectivity index (χ4n) is 1.92. The van der Waals surface area contributed by atoms with Gasteiger partial charge >= 0.3 is 5.97 Å². The van der Waals surface area contributed by atoms with Crippen molar-refractivity contribution in [1.29, 1.82) is 0 Å². The van der Waals surface area contributed by atoms with Gasteiger partial charge in [-0.25, -0.2) is 0 Å². The largest absolute Gasteiger partial charge is 0.481 e. The molecule has 14 heavy (non-hydrogen) atoms. The van der Waals surface area contributed by atoms with Crippen molar-refractivity contribution in [3.63, 3.8) is 0 Å². The highest BCUT2D eigenvalue weighted by Gasteiger charge is 2.21. The minimum atomic E-state index is -0.709. The number of morpholine rings is 1. The van der Waals surface area contributed by atoms with Crippen LogP contribution in [0.2, 0.25) is 0 Å². The van der Waals surface area contributed by atoms with Crippen molar-refractivity contribution in [2.45, 2.75) is 38.9 Å². The average molecular weight is 201 g/mol. The van der Waals surface area contributed by atoms with E-state index in [1.165, 1.54) is 0 Å². The van der Waals surface area contributed by atoms with Crippen molar-refractivity contribution in [2.24, 2.45) is 0 Å². The number of carboxylic acid groups (broad SMARTS) is 1. The first-order chi connectivity index (χ1) is 6.58. The van der Waals surface area contributed by atoms with Crippen molar-refractivity contribution >= 4 is 5.97 Å². The number of carbonyl (C=O) groups is 1. The van der Waals surface area contributed by atoms with Crippen LogP contribution in [0.4, 0.5) is 0 Å². The smallest absolute Gasteiger partial charge is 0.303 e. The van der Waals surface area contributed by atoms with Crippen LogP contribution in [-0.4, -0.2) is 47.8 Å². The third kappa shape index (κ3) is 4.07. The van der Waals surface area contributed by atoms with Crippen LogP contribution in [0.1, 0.15) is 26.7 Å². The molecular weight excluding hydrogens is 182 g/mol. The molecule has 1 N–H and O–H groups in total. The Hall–Kier alpha value is -0.610. The molecule has 0 aromatic heterocycles. The Kier molecular flexibility index (Phi) is 4.35. The molecule has 4 heteroatoms. The zero-order valence-electron chi connectivity index (χ0n) is 8.90. The fraction of sp³-hybridized carbons (Fsp3) is 0.900. The van der Waals surface area contributed by atoms with E-state index >= 15 is 0 Å². The lowest BCUT2D eigenvalue weighted by molar-refractivity contribution is -0.137. The second kappa shape index (κ2) is 5.32. The average Bonchev–Trinajstić information content (AvgIpc) is 2.01. The summed E-state index contributed by atoms with van der Waals surface area (Å²) < 4.78 is 5.59. The van der Waals surface area contributed by atoms with Crippen LogP contribution in [0.15, 0.2) is 0 Å². The fourth-order valence-corrected chi connectivity index (χ4v) is 1.92. The van der Waals surface area contributed by atoms with Crippen molar-refractivity contribution in [3.05, 3.63) is 0 Å². The number of rotatable bonds is 4. The Bertz CT molecular complexity index is 186. The van der Waals surface area contributed by atoms with Crippen molar-refractivity contribution < 1.29 is 14.6 Å². The molecule has 4 nitrogen and oxygen atoms in total. The van der Waals surface area contributed by atoms with Gasteiger partial charge in [-0.2, -0.15) is 0 Å². The molecule has 1 fully saturated rings. The second-order valence-electron chi connectivity index (χ2n) is 4.01. The molecule has 82 valence electrons. The molecule has 1 heterocycles. The molecule has 1 aliphatic heterocycles. The van der Waals surface area contributed by atoms with E-state index in [9.17, 15) is 4.79 Å². The highest BCUT2D eigenvalue weighted by Crippen LogP contribution is 2.11. The highest BCUT2D eigenvalue weighted by molar-refractivity contribution is 5.66. The highest BCUT2D eigenvalue weighted by atomic mass is 16.5. The van der Waals surface area contributed by atoms with Crippen molar-refractivity contribution in [1.82, 2.24) is 4.90 Å². The van der Waals surface area contributed by atoms with Gasteiger partial charge < -0.3 is 9.84 Å². The third-order valence-electron chi connectivity index (χ3n) is 2.36. The maximum atomic E-state index is 10.3. The van der Waals surface area contributed by atoms with E-state index in [1.807, 2.05) is 0 Å². The number of hydrogen-bond acceptors (Lipinski definition) is 3. The number of aliphatic carboxylic acids is 1. The maximum absolute atomic E-state index is 10.3. The lowest BCUT2D eigenvalue weighted by Gasteiger charge is -2.35. The van der Waals surface area contributed by atoms with Gasteiger partial charge in [0.25, 0.3) is 0 Å². The summed E-state index contributed by atoms with van der Waals surface area (Å²) in [5.74, 6) is -0.709. The minimum absolute atomic E-state index is 0.264. The number of nitrogens with zero attached hydrogens (tertiary/aromatic N) is 1. The monoisotopic (exact) mass is 201 g/mol. The number of carboxylic acids is 1. The molecule has 0 radical (unpaired) electrons. The van der Waals surface area contributed by atoms with E-state index in [1.54, 1.807) is 0 Å². The molecule has 1 rings (SSSR count). The molecular formula is C10H19NO3. The van der Waals surface area contributed by atoms with Crippen LogP contribution in [0.25, 0.3) is 0 Å². The number of ether oxygens (including phenoxy) is 1. The second-order valence-corrected chi connectivity index (χ2v) is 4.01. The summed E-state index contributed by atoms with van der Waals surface area (Å²) in [6.07, 6.45) is 1.53. The minimum Gasteiger partial charge on any atom is -0.481 e. The van der Waals surface area contributed by atoms with Crippen LogP contribution < -0.4 is 0 Å². The molecule has 0 saturated carbocycles. The molecule has 0 aromatic carbocycles. The molecule has 0 aromatic rings. The zero-order chi connectivity index (χ0) is 10.6. The van der Waals surface area contributed by atoms with Gasteiger partial charge in [0, 0.05) is 19.5 Å². The Morgan fingerprint density at radius 3 is 2.50 bits per heavy atom. The van der Waals surface area contributed by atoms with Crippen LogP contribution in [0.5, 0.6) is 0 Å². The first-order valence-corrected chi connectivity index (χ1v) is 5.17. The normalized spacial score (nSPS) is 29.0. The van der Waals surface area contributed by atoms with E-state index < -0.39 is 5.97 Å². The Morgan fingerprint density at radius 1 is 1.43 bits per heavy atom. The van der Waals surface area contributed by atoms with Gasteiger partial charge in [0.05, 0.1) is 12.2 Å². The van der Waals surface area contributed by atoms with Gasteiger partial charge in [-0.05, 0) is 26.8 Å². The van der Waals surface area contributed by atoms with Gasteiger partial charge in [-0.3, -0.25) is 9.69 Å². The SMILES string of the molecule is CC1CN(CCCC(=O)O)CC(C)O1. The molecule has 1 saturated heterocycles. The molecule has 2 atom stereocenters. The quantitative estimate of drug-likeness (QED) is 0.736. The Labute approximate surface area is 84.8 Å². The van der Waals surface area contributed by atoms with Crippen LogP contribution in [0, 0.1) is 0 Å². The van der Waals surface area contributed by atoms with Crippen molar-refractivity contribution in [2.75, 3.05) is 19.6 Å². The van der Waals surface area contributed by atoms with E-state index in [0.29, 0.717) is 0 Å². The first-order valence-electron chi connectivity index (χ1n) is 5.17. The van der Waals surface area contributed by atoms with Gasteiger partial charge in [0.15, 0.2) is 0 Å². The first kappa shape index (κ1) is 11.5. The van der Waals surface area contributed by atoms with Crippen LogP contribution in [-0.2, 0) is 9.53 Å². The van der Waals surface area contributed by atoms with E-state index in [0.717, 1.165) is 26.1 Å². The summed E-state index contributed by atoms with van der Waals surface area (Å²) in [6, 6.07) is 0. The van der Waals surface area contributed by atoms with E-state index in [4.69, 9.17) is 9.84 Å². The lowest BCUT2D eigenvalue weighted by Crippen LogP contribution is -2.45. The van der Waals surface area contributed by atoms with Crippen LogP contribution >= 0.6 is 0 Å². The topological polar surface area (TPSA) is 49.8 Å². The lowest BCUT2D eigenvalue weighted by atomic mass is 10.2.